The Bertz CT molecular complexity index is 722. The number of aryl methyl sites for hydroxylation is 1. The number of piperazine rings is 1. The van der Waals surface area contributed by atoms with E-state index in [-0.39, 0.29) is 6.03 Å². The van der Waals surface area contributed by atoms with Gasteiger partial charge in [-0.3, -0.25) is 4.90 Å². The molecule has 1 aliphatic rings. The first-order chi connectivity index (χ1) is 12.7. The van der Waals surface area contributed by atoms with Crippen molar-refractivity contribution >= 4 is 11.7 Å². The maximum absolute atomic E-state index is 12.5. The van der Waals surface area contributed by atoms with E-state index in [0.29, 0.717) is 12.4 Å². The summed E-state index contributed by atoms with van der Waals surface area (Å²) in [4.78, 5) is 21.0. The average Bonchev–Trinajstić information content (AvgIpc) is 3.07. The van der Waals surface area contributed by atoms with Gasteiger partial charge in [0.25, 0.3) is 0 Å². The molecule has 0 radical (unpaired) electrons. The number of nitrogens with zero attached hydrogens (tertiary/aromatic N) is 4. The molecule has 2 amide bonds. The Kier molecular flexibility index (Phi) is 6.12. The maximum atomic E-state index is 12.5. The van der Waals surface area contributed by atoms with Crippen LogP contribution in [-0.2, 0) is 6.54 Å². The highest BCUT2D eigenvalue weighted by molar-refractivity contribution is 5.91. The smallest absolute Gasteiger partial charge is 0.322 e. The van der Waals surface area contributed by atoms with Crippen LogP contribution in [0.4, 0.5) is 10.5 Å². The number of aromatic nitrogens is 2. The number of amides is 2. The van der Waals surface area contributed by atoms with Crippen LogP contribution >= 0.6 is 0 Å². The quantitative estimate of drug-likeness (QED) is 0.863. The van der Waals surface area contributed by atoms with Gasteiger partial charge in [-0.1, -0.05) is 12.1 Å². The highest BCUT2D eigenvalue weighted by atomic mass is 16.5. The van der Waals surface area contributed by atoms with E-state index >= 15 is 0 Å². The third-order valence-corrected chi connectivity index (χ3v) is 4.67. The van der Waals surface area contributed by atoms with E-state index in [2.05, 4.69) is 19.8 Å². The van der Waals surface area contributed by atoms with E-state index in [0.717, 1.165) is 50.8 Å². The highest BCUT2D eigenvalue weighted by Gasteiger charge is 2.21. The van der Waals surface area contributed by atoms with Crippen LogP contribution in [0.15, 0.2) is 36.7 Å². The molecule has 0 atom stereocenters. The third kappa shape index (κ3) is 4.54. The molecule has 0 bridgehead atoms. The Balaban J connectivity index is 1.47. The van der Waals surface area contributed by atoms with Crippen LogP contribution in [-0.4, -0.2) is 64.7 Å². The fourth-order valence-electron chi connectivity index (χ4n) is 3.11. The minimum Gasteiger partial charge on any atom is -0.492 e. The molecule has 7 nitrogen and oxygen atoms in total. The van der Waals surface area contributed by atoms with Gasteiger partial charge in [-0.2, -0.15) is 0 Å². The van der Waals surface area contributed by atoms with Crippen LogP contribution in [0.3, 0.4) is 0 Å². The summed E-state index contributed by atoms with van der Waals surface area (Å²) in [6.45, 7) is 9.65. The van der Waals surface area contributed by atoms with Crippen LogP contribution in [0.25, 0.3) is 0 Å². The number of imidazole rings is 1. The predicted molar refractivity (Wildman–Crippen MR) is 102 cm³/mol. The zero-order valence-electron chi connectivity index (χ0n) is 15.5. The van der Waals surface area contributed by atoms with Crippen molar-refractivity contribution in [1.82, 2.24) is 19.4 Å². The second-order valence-corrected chi connectivity index (χ2v) is 6.36. The molecule has 26 heavy (non-hydrogen) atoms. The standard InChI is InChI=1S/C19H27N5O2/c1-3-26-18-7-5-4-6-17(18)21-19(25)24-14-11-22(12-15-24)10-13-23-9-8-20-16(23)2/h4-9H,3,10-15H2,1-2H3,(H,21,25). The molecule has 3 rings (SSSR count). The topological polar surface area (TPSA) is 62.6 Å². The Morgan fingerprint density at radius 2 is 1.96 bits per heavy atom. The van der Waals surface area contributed by atoms with Gasteiger partial charge in [0.05, 0.1) is 12.3 Å². The van der Waals surface area contributed by atoms with Gasteiger partial charge in [0, 0.05) is 51.7 Å². The zero-order chi connectivity index (χ0) is 18.4. The van der Waals surface area contributed by atoms with Crippen molar-refractivity contribution in [2.24, 2.45) is 0 Å². The Labute approximate surface area is 154 Å². The van der Waals surface area contributed by atoms with E-state index in [1.54, 1.807) is 0 Å². The molecule has 2 aromatic rings. The number of urea groups is 1. The minimum absolute atomic E-state index is 0.0674. The average molecular weight is 357 g/mol. The molecule has 0 aliphatic carbocycles. The second kappa shape index (κ2) is 8.71. The maximum Gasteiger partial charge on any atom is 0.322 e. The van der Waals surface area contributed by atoms with Crippen LogP contribution in [0.1, 0.15) is 12.7 Å². The molecule has 0 spiro atoms. The summed E-state index contributed by atoms with van der Waals surface area (Å²) in [6.07, 6.45) is 3.84. The van der Waals surface area contributed by atoms with Crippen molar-refractivity contribution in [3.63, 3.8) is 0 Å². The molecule has 1 aromatic heterocycles. The number of benzene rings is 1. The van der Waals surface area contributed by atoms with Gasteiger partial charge in [-0.15, -0.1) is 0 Å². The predicted octanol–water partition coefficient (Wildman–Crippen LogP) is 2.44. The molecule has 1 saturated heterocycles. The first-order valence-electron chi connectivity index (χ1n) is 9.15. The number of ether oxygens (including phenoxy) is 1. The fourth-order valence-corrected chi connectivity index (χ4v) is 3.11. The van der Waals surface area contributed by atoms with Crippen molar-refractivity contribution in [2.45, 2.75) is 20.4 Å². The lowest BCUT2D eigenvalue weighted by atomic mass is 10.3. The Morgan fingerprint density at radius 1 is 1.19 bits per heavy atom. The molecule has 0 unspecified atom stereocenters. The van der Waals surface area contributed by atoms with E-state index in [1.165, 1.54) is 0 Å². The number of rotatable bonds is 6. The van der Waals surface area contributed by atoms with Crippen molar-refractivity contribution in [1.29, 1.82) is 0 Å². The summed E-state index contributed by atoms with van der Waals surface area (Å²) in [5.41, 5.74) is 0.720. The summed E-state index contributed by atoms with van der Waals surface area (Å²) < 4.78 is 7.73. The van der Waals surface area contributed by atoms with E-state index < -0.39 is 0 Å². The largest absolute Gasteiger partial charge is 0.492 e. The first-order valence-corrected chi connectivity index (χ1v) is 9.15. The van der Waals surface area contributed by atoms with Crippen molar-refractivity contribution in [2.75, 3.05) is 44.6 Å². The lowest BCUT2D eigenvalue weighted by Crippen LogP contribution is -2.50. The zero-order valence-corrected chi connectivity index (χ0v) is 15.5. The number of hydrogen-bond acceptors (Lipinski definition) is 4. The molecule has 7 heteroatoms. The Hall–Kier alpha value is -2.54. The van der Waals surface area contributed by atoms with Crippen molar-refractivity contribution in [3.05, 3.63) is 42.5 Å². The molecular weight excluding hydrogens is 330 g/mol. The van der Waals surface area contributed by atoms with Crippen LogP contribution < -0.4 is 10.1 Å². The lowest BCUT2D eigenvalue weighted by molar-refractivity contribution is 0.144. The second-order valence-electron chi connectivity index (χ2n) is 6.36. The molecule has 0 saturated carbocycles. The third-order valence-electron chi connectivity index (χ3n) is 4.67. The van der Waals surface area contributed by atoms with Crippen LogP contribution in [0, 0.1) is 6.92 Å². The van der Waals surface area contributed by atoms with Crippen LogP contribution in [0.2, 0.25) is 0 Å². The van der Waals surface area contributed by atoms with Crippen molar-refractivity contribution < 1.29 is 9.53 Å². The summed E-state index contributed by atoms with van der Waals surface area (Å²) in [7, 11) is 0. The number of para-hydroxylation sites is 2. The molecule has 1 fully saturated rings. The number of anilines is 1. The Morgan fingerprint density at radius 3 is 2.65 bits per heavy atom. The summed E-state index contributed by atoms with van der Waals surface area (Å²) in [5.74, 6) is 1.74. The SMILES string of the molecule is CCOc1ccccc1NC(=O)N1CCN(CCn2ccnc2C)CC1. The number of nitrogens with one attached hydrogen (secondary N) is 1. The van der Waals surface area contributed by atoms with E-state index in [9.17, 15) is 4.79 Å². The van der Waals surface area contributed by atoms with Gasteiger partial charge in [-0.25, -0.2) is 9.78 Å². The molecule has 1 N–H and O–H groups in total. The first kappa shape index (κ1) is 18.3. The van der Waals surface area contributed by atoms with Gasteiger partial charge in [0.2, 0.25) is 0 Å². The van der Waals surface area contributed by atoms with Gasteiger partial charge < -0.3 is 19.5 Å². The van der Waals surface area contributed by atoms with Gasteiger partial charge in [0.15, 0.2) is 0 Å². The summed E-state index contributed by atoms with van der Waals surface area (Å²) in [6, 6.07) is 7.47. The van der Waals surface area contributed by atoms with Crippen LogP contribution in [0.5, 0.6) is 5.75 Å². The molecular formula is C19H27N5O2. The normalized spacial score (nSPS) is 15.1. The monoisotopic (exact) mass is 357 g/mol. The molecule has 1 aliphatic heterocycles. The van der Waals surface area contributed by atoms with E-state index in [1.807, 2.05) is 55.4 Å². The van der Waals surface area contributed by atoms with Gasteiger partial charge >= 0.3 is 6.03 Å². The molecule has 1 aromatic carbocycles. The van der Waals surface area contributed by atoms with Gasteiger partial charge in [0.1, 0.15) is 11.6 Å². The number of carbonyl (C=O) groups is 1. The summed E-state index contributed by atoms with van der Waals surface area (Å²) >= 11 is 0. The molecule has 140 valence electrons. The summed E-state index contributed by atoms with van der Waals surface area (Å²) in [5, 5.41) is 2.97. The van der Waals surface area contributed by atoms with Crippen molar-refractivity contribution in [3.8, 4) is 5.75 Å². The number of hydrogen-bond donors (Lipinski definition) is 1. The number of carbonyl (C=O) groups excluding carboxylic acids is 1. The minimum atomic E-state index is -0.0674. The molecule has 2 heterocycles. The van der Waals surface area contributed by atoms with Gasteiger partial charge in [-0.05, 0) is 26.0 Å². The lowest BCUT2D eigenvalue weighted by Gasteiger charge is -2.34. The van der Waals surface area contributed by atoms with E-state index in [4.69, 9.17) is 4.74 Å². The highest BCUT2D eigenvalue weighted by Crippen LogP contribution is 2.24. The fraction of sp³-hybridized carbons (Fsp3) is 0.474.